The Hall–Kier alpha value is -1.64. The fourth-order valence-corrected chi connectivity index (χ4v) is 3.06. The summed E-state index contributed by atoms with van der Waals surface area (Å²) < 4.78 is 30.9. The molecule has 21 heavy (non-hydrogen) atoms. The number of hydrogen-bond donors (Lipinski definition) is 2. The van der Waals surface area contributed by atoms with Gasteiger partial charge < -0.3 is 15.2 Å². The van der Waals surface area contributed by atoms with Crippen molar-refractivity contribution in [3.8, 4) is 5.75 Å². The monoisotopic (exact) mass is 316 g/mol. The van der Waals surface area contributed by atoms with Gasteiger partial charge in [0.15, 0.2) is 0 Å². The van der Waals surface area contributed by atoms with Crippen molar-refractivity contribution >= 4 is 21.6 Å². The van der Waals surface area contributed by atoms with Crippen molar-refractivity contribution < 1.29 is 23.1 Å². The van der Waals surface area contributed by atoms with Gasteiger partial charge in [0.25, 0.3) is 0 Å². The summed E-state index contributed by atoms with van der Waals surface area (Å²) in [5.74, 6) is 0.0301. The lowest BCUT2D eigenvalue weighted by Gasteiger charge is -2.19. The predicted molar refractivity (Wildman–Crippen MR) is 78.8 cm³/mol. The molecule has 0 heterocycles. The van der Waals surface area contributed by atoms with Gasteiger partial charge in [0.05, 0.1) is 23.8 Å². The van der Waals surface area contributed by atoms with Gasteiger partial charge in [-0.1, -0.05) is 0 Å². The van der Waals surface area contributed by atoms with Crippen LogP contribution in [0.4, 0.5) is 5.69 Å². The maximum Gasteiger partial charge on any atom is 0.242 e. The summed E-state index contributed by atoms with van der Waals surface area (Å²) in [7, 11) is -0.947. The van der Waals surface area contributed by atoms with Gasteiger partial charge in [-0.3, -0.25) is 4.79 Å². The normalized spacial score (nSPS) is 13.0. The van der Waals surface area contributed by atoms with Gasteiger partial charge in [0.1, 0.15) is 5.75 Å². The van der Waals surface area contributed by atoms with Crippen LogP contribution in [0.1, 0.15) is 13.8 Å². The molecule has 1 aromatic rings. The van der Waals surface area contributed by atoms with E-state index in [0.717, 1.165) is 4.31 Å². The van der Waals surface area contributed by atoms with Crippen LogP contribution in [0.25, 0.3) is 0 Å². The minimum absolute atomic E-state index is 0.00944. The summed E-state index contributed by atoms with van der Waals surface area (Å²) in [5, 5.41) is 11.8. The van der Waals surface area contributed by atoms with Gasteiger partial charge in [-0.25, -0.2) is 8.42 Å². The summed E-state index contributed by atoms with van der Waals surface area (Å²) in [6.45, 7) is 2.80. The maximum absolute atomic E-state index is 12.4. The van der Waals surface area contributed by atoms with E-state index in [1.54, 1.807) is 0 Å². The first kappa shape index (κ1) is 17.4. The van der Waals surface area contributed by atoms with Gasteiger partial charge in [-0.2, -0.15) is 4.31 Å². The van der Waals surface area contributed by atoms with Crippen molar-refractivity contribution in [2.24, 2.45) is 0 Å². The number of hydrogen-bond acceptors (Lipinski definition) is 5. The number of benzene rings is 1. The Kier molecular flexibility index (Phi) is 5.70. The highest BCUT2D eigenvalue weighted by Crippen LogP contribution is 2.28. The fraction of sp³-hybridized carbons (Fsp3) is 0.462. The van der Waals surface area contributed by atoms with E-state index in [4.69, 9.17) is 4.74 Å². The van der Waals surface area contributed by atoms with Crippen molar-refractivity contribution in [3.63, 3.8) is 0 Å². The largest absolute Gasteiger partial charge is 0.495 e. The van der Waals surface area contributed by atoms with E-state index >= 15 is 0 Å². The summed E-state index contributed by atoms with van der Waals surface area (Å²) in [5.41, 5.74) is 0.275. The fourth-order valence-electron chi connectivity index (χ4n) is 1.79. The quantitative estimate of drug-likeness (QED) is 0.803. The van der Waals surface area contributed by atoms with Crippen LogP contribution in [0, 0.1) is 0 Å². The number of carbonyl (C=O) groups excluding carboxylic acids is 1. The number of likely N-dealkylation sites (N-methyl/N-ethyl adjacent to an activating group) is 1. The summed E-state index contributed by atoms with van der Waals surface area (Å²) in [4.78, 5) is 11.2. The van der Waals surface area contributed by atoms with Crippen molar-refractivity contribution in [2.45, 2.75) is 24.8 Å². The third-order valence-electron chi connectivity index (χ3n) is 2.71. The molecule has 0 bridgehead atoms. The van der Waals surface area contributed by atoms with E-state index in [-0.39, 0.29) is 23.0 Å². The predicted octanol–water partition coefficient (Wildman–Crippen LogP) is 0.655. The SMILES string of the molecule is COc1ccc(S(=O)(=O)N(C)CC(C)O)cc1NC(C)=O. The number of aliphatic hydroxyl groups excluding tert-OH is 1. The lowest BCUT2D eigenvalue weighted by molar-refractivity contribution is -0.114. The summed E-state index contributed by atoms with van der Waals surface area (Å²) in [6, 6.07) is 4.18. The Morgan fingerprint density at radius 3 is 2.57 bits per heavy atom. The van der Waals surface area contributed by atoms with Gasteiger partial charge in [-0.05, 0) is 25.1 Å². The van der Waals surface area contributed by atoms with Crippen molar-refractivity contribution in [3.05, 3.63) is 18.2 Å². The second kappa shape index (κ2) is 6.88. The van der Waals surface area contributed by atoms with E-state index in [1.165, 1.54) is 46.2 Å². The van der Waals surface area contributed by atoms with Gasteiger partial charge in [0.2, 0.25) is 15.9 Å². The molecule has 1 rings (SSSR count). The number of nitrogens with one attached hydrogen (secondary N) is 1. The second-order valence-corrected chi connectivity index (χ2v) is 6.72. The first-order valence-corrected chi connectivity index (χ1v) is 7.72. The number of anilines is 1. The van der Waals surface area contributed by atoms with E-state index in [2.05, 4.69) is 5.32 Å². The smallest absolute Gasteiger partial charge is 0.242 e. The summed E-state index contributed by atoms with van der Waals surface area (Å²) >= 11 is 0. The van der Waals surface area contributed by atoms with E-state index < -0.39 is 16.1 Å². The molecule has 1 amide bonds. The molecular weight excluding hydrogens is 296 g/mol. The van der Waals surface area contributed by atoms with Crippen LogP contribution in [0.2, 0.25) is 0 Å². The number of aliphatic hydroxyl groups is 1. The molecule has 1 aromatic carbocycles. The molecule has 0 saturated heterocycles. The van der Waals surface area contributed by atoms with Gasteiger partial charge >= 0.3 is 0 Å². The zero-order valence-corrected chi connectivity index (χ0v) is 13.3. The van der Waals surface area contributed by atoms with E-state index in [9.17, 15) is 18.3 Å². The molecule has 0 aliphatic carbocycles. The second-order valence-electron chi connectivity index (χ2n) is 4.68. The zero-order chi connectivity index (χ0) is 16.2. The Balaban J connectivity index is 3.21. The number of rotatable bonds is 6. The van der Waals surface area contributed by atoms with Crippen LogP contribution in [-0.4, -0.2) is 50.5 Å². The molecule has 0 aliphatic heterocycles. The molecule has 0 saturated carbocycles. The van der Waals surface area contributed by atoms with Crippen LogP contribution >= 0.6 is 0 Å². The standard InChI is InChI=1S/C13H20N2O5S/c1-9(16)8-15(3)21(18,19)11-5-6-13(20-4)12(7-11)14-10(2)17/h5-7,9,16H,8H2,1-4H3,(H,14,17). The first-order chi connectivity index (χ1) is 9.68. The molecule has 8 heteroatoms. The third kappa shape index (κ3) is 4.42. The average molecular weight is 316 g/mol. The Morgan fingerprint density at radius 1 is 1.48 bits per heavy atom. The number of sulfonamides is 1. The number of amides is 1. The van der Waals surface area contributed by atoms with Crippen LogP contribution in [0.3, 0.4) is 0 Å². The maximum atomic E-state index is 12.4. The van der Waals surface area contributed by atoms with Crippen LogP contribution in [-0.2, 0) is 14.8 Å². The lowest BCUT2D eigenvalue weighted by atomic mass is 10.3. The van der Waals surface area contributed by atoms with Gasteiger partial charge in [0, 0.05) is 20.5 Å². The molecule has 0 fully saturated rings. The molecule has 7 nitrogen and oxygen atoms in total. The molecule has 2 N–H and O–H groups in total. The Morgan fingerprint density at radius 2 is 2.10 bits per heavy atom. The summed E-state index contributed by atoms with van der Waals surface area (Å²) in [6.07, 6.45) is -0.780. The third-order valence-corrected chi connectivity index (χ3v) is 4.53. The molecule has 118 valence electrons. The highest BCUT2D eigenvalue weighted by molar-refractivity contribution is 7.89. The van der Waals surface area contributed by atoms with Crippen LogP contribution < -0.4 is 10.1 Å². The van der Waals surface area contributed by atoms with Crippen molar-refractivity contribution in [1.29, 1.82) is 0 Å². The Labute approximate surface area is 124 Å². The molecule has 0 aliphatic rings. The highest BCUT2D eigenvalue weighted by atomic mass is 32.2. The molecule has 0 aromatic heterocycles. The zero-order valence-electron chi connectivity index (χ0n) is 12.5. The number of ether oxygens (including phenoxy) is 1. The number of carbonyl (C=O) groups is 1. The van der Waals surface area contributed by atoms with Crippen LogP contribution in [0.15, 0.2) is 23.1 Å². The topological polar surface area (TPSA) is 95.9 Å². The lowest BCUT2D eigenvalue weighted by Crippen LogP contribution is -2.33. The highest BCUT2D eigenvalue weighted by Gasteiger charge is 2.23. The van der Waals surface area contributed by atoms with Crippen molar-refractivity contribution in [1.82, 2.24) is 4.31 Å². The molecule has 0 radical (unpaired) electrons. The number of nitrogens with zero attached hydrogens (tertiary/aromatic N) is 1. The molecule has 1 unspecified atom stereocenters. The molecule has 1 atom stereocenters. The van der Waals surface area contributed by atoms with E-state index in [0.29, 0.717) is 5.75 Å². The first-order valence-electron chi connectivity index (χ1n) is 6.28. The minimum Gasteiger partial charge on any atom is -0.495 e. The minimum atomic E-state index is -3.75. The Bertz CT molecular complexity index is 613. The molecule has 0 spiro atoms. The van der Waals surface area contributed by atoms with E-state index in [1.807, 2.05) is 0 Å². The van der Waals surface area contributed by atoms with Crippen molar-refractivity contribution in [2.75, 3.05) is 26.0 Å². The van der Waals surface area contributed by atoms with Crippen LogP contribution in [0.5, 0.6) is 5.75 Å². The molecular formula is C13H20N2O5S. The van der Waals surface area contributed by atoms with Gasteiger partial charge in [-0.15, -0.1) is 0 Å². The number of methoxy groups -OCH3 is 1. The average Bonchev–Trinajstić information content (AvgIpc) is 2.37.